The highest BCUT2D eigenvalue weighted by molar-refractivity contribution is 6.13. The number of carbonyl (C=O) groups excluding carboxylic acids is 2. The van der Waals surface area contributed by atoms with Crippen LogP contribution in [-0.2, 0) is 4.74 Å². The topological polar surface area (TPSA) is 82.8 Å². The first-order chi connectivity index (χ1) is 14.1. The first kappa shape index (κ1) is 19.1. The zero-order valence-electron chi connectivity index (χ0n) is 16.6. The van der Waals surface area contributed by atoms with Crippen molar-refractivity contribution in [3.05, 3.63) is 59.2 Å². The number of pyridine rings is 2. The summed E-state index contributed by atoms with van der Waals surface area (Å²) in [5, 5.41) is 4.76. The molecule has 0 N–H and O–H groups in total. The molecule has 0 aliphatic heterocycles. The van der Waals surface area contributed by atoms with Crippen molar-refractivity contribution < 1.29 is 19.1 Å². The Morgan fingerprint density at radius 1 is 1.03 bits per heavy atom. The van der Waals surface area contributed by atoms with Crippen LogP contribution in [-0.4, -0.2) is 40.6 Å². The van der Waals surface area contributed by atoms with Crippen LogP contribution >= 0.6 is 0 Å². The predicted octanol–water partition coefficient (Wildman–Crippen LogP) is 3.80. The fourth-order valence-electron chi connectivity index (χ4n) is 3.97. The fraction of sp³-hybridized carbons (Fsp3) is 0.364. The van der Waals surface area contributed by atoms with Gasteiger partial charge in [0.05, 0.1) is 37.2 Å². The summed E-state index contributed by atoms with van der Waals surface area (Å²) in [6.45, 7) is 0. The molecule has 29 heavy (non-hydrogen) atoms. The normalized spacial score (nSPS) is 14.7. The Morgan fingerprint density at radius 2 is 1.79 bits per heavy atom. The number of methoxy groups -OCH3 is 2. The number of fused-ring (bicyclic) bond motifs is 1. The molecule has 1 aliphatic rings. The molecule has 1 fully saturated rings. The van der Waals surface area contributed by atoms with Crippen molar-refractivity contribution in [2.24, 2.45) is 0 Å². The summed E-state index contributed by atoms with van der Waals surface area (Å²) in [7, 11) is 2.89. The molecule has 0 spiro atoms. The molecule has 0 radical (unpaired) electrons. The van der Waals surface area contributed by atoms with E-state index in [1.807, 2.05) is 12.1 Å². The maximum atomic E-state index is 13.5. The molecule has 150 valence electrons. The minimum atomic E-state index is -0.572. The van der Waals surface area contributed by atoms with Crippen molar-refractivity contribution >= 4 is 17.3 Å². The Labute approximate surface area is 168 Å². The van der Waals surface area contributed by atoms with Gasteiger partial charge in [-0.1, -0.05) is 25.3 Å². The number of esters is 1. The number of hydrogen-bond acceptors (Lipinski definition) is 6. The van der Waals surface area contributed by atoms with Crippen LogP contribution in [0.2, 0.25) is 0 Å². The molecule has 0 aromatic carbocycles. The number of carbonyl (C=O) groups is 2. The highest BCUT2D eigenvalue weighted by Gasteiger charge is 2.28. The first-order valence-corrected chi connectivity index (χ1v) is 9.78. The summed E-state index contributed by atoms with van der Waals surface area (Å²) >= 11 is 0. The van der Waals surface area contributed by atoms with Gasteiger partial charge < -0.3 is 9.47 Å². The lowest BCUT2D eigenvalue weighted by atomic mass is 9.84. The van der Waals surface area contributed by atoms with E-state index in [0.717, 1.165) is 31.4 Å². The van der Waals surface area contributed by atoms with E-state index in [2.05, 4.69) is 4.98 Å². The Morgan fingerprint density at radius 3 is 2.52 bits per heavy atom. The highest BCUT2D eigenvalue weighted by atomic mass is 16.5. The number of ketones is 1. The van der Waals surface area contributed by atoms with Gasteiger partial charge in [0.2, 0.25) is 5.78 Å². The van der Waals surface area contributed by atoms with Crippen LogP contribution in [0.3, 0.4) is 0 Å². The van der Waals surface area contributed by atoms with Crippen molar-refractivity contribution in [2.45, 2.75) is 38.0 Å². The quantitative estimate of drug-likeness (QED) is 0.484. The van der Waals surface area contributed by atoms with Gasteiger partial charge in [0.1, 0.15) is 17.1 Å². The number of ether oxygens (including phenoxy) is 2. The summed E-state index contributed by atoms with van der Waals surface area (Å²) in [6, 6.07) is 8.45. The average Bonchev–Trinajstić information content (AvgIpc) is 3.17. The maximum Gasteiger partial charge on any atom is 0.356 e. The lowest BCUT2D eigenvalue weighted by Crippen LogP contribution is -2.13. The van der Waals surface area contributed by atoms with Crippen LogP contribution in [0.25, 0.3) is 5.52 Å². The van der Waals surface area contributed by atoms with Crippen LogP contribution in [0.15, 0.2) is 36.5 Å². The van der Waals surface area contributed by atoms with Crippen molar-refractivity contribution in [2.75, 3.05) is 14.2 Å². The number of aromatic nitrogens is 3. The minimum absolute atomic E-state index is 0.107. The van der Waals surface area contributed by atoms with Crippen molar-refractivity contribution in [3.63, 3.8) is 0 Å². The molecule has 1 aliphatic carbocycles. The largest absolute Gasteiger partial charge is 0.495 e. The molecule has 4 rings (SSSR count). The molecule has 0 saturated heterocycles. The second-order valence-electron chi connectivity index (χ2n) is 7.22. The highest BCUT2D eigenvalue weighted by Crippen LogP contribution is 2.36. The summed E-state index contributed by atoms with van der Waals surface area (Å²) in [6.07, 6.45) is 7.27. The molecule has 3 aromatic heterocycles. The Bertz CT molecular complexity index is 1070. The van der Waals surface area contributed by atoms with Crippen molar-refractivity contribution in [1.82, 2.24) is 14.6 Å². The lowest BCUT2D eigenvalue weighted by molar-refractivity contribution is 0.0594. The van der Waals surface area contributed by atoms with E-state index in [-0.39, 0.29) is 23.1 Å². The molecule has 3 aromatic rings. The second kappa shape index (κ2) is 8.03. The molecule has 7 nitrogen and oxygen atoms in total. The van der Waals surface area contributed by atoms with Gasteiger partial charge in [-0.15, -0.1) is 0 Å². The van der Waals surface area contributed by atoms with Gasteiger partial charge in [-0.3, -0.25) is 4.79 Å². The van der Waals surface area contributed by atoms with E-state index in [1.54, 1.807) is 30.0 Å². The SMILES string of the molecule is COC(=O)c1cccc(C(=O)c2c(C3CCCCC3)nn3cc(OC)ccc23)n1. The molecule has 3 heterocycles. The third-order valence-corrected chi connectivity index (χ3v) is 5.46. The molecule has 0 atom stereocenters. The zero-order chi connectivity index (χ0) is 20.4. The molecule has 7 heteroatoms. The van der Waals surface area contributed by atoms with Gasteiger partial charge in [-0.05, 0) is 37.1 Å². The second-order valence-corrected chi connectivity index (χ2v) is 7.22. The standard InChI is InChI=1S/C22H23N3O4/c1-28-15-11-12-18-19(20(24-25(18)13-15)14-7-4-3-5-8-14)21(26)16-9-6-10-17(23-16)22(27)29-2/h6,9-14H,3-5,7-8H2,1-2H3. The van der Waals surface area contributed by atoms with Crippen LogP contribution in [0.4, 0.5) is 0 Å². The van der Waals surface area contributed by atoms with E-state index in [9.17, 15) is 9.59 Å². The first-order valence-electron chi connectivity index (χ1n) is 9.78. The third-order valence-electron chi connectivity index (χ3n) is 5.46. The monoisotopic (exact) mass is 393 g/mol. The van der Waals surface area contributed by atoms with Crippen LogP contribution in [0.5, 0.6) is 5.75 Å². The maximum absolute atomic E-state index is 13.5. The summed E-state index contributed by atoms with van der Waals surface area (Å²) in [5.41, 5.74) is 2.37. The van der Waals surface area contributed by atoms with Crippen LogP contribution in [0, 0.1) is 0 Å². The number of rotatable bonds is 5. The van der Waals surface area contributed by atoms with Crippen LogP contribution < -0.4 is 4.74 Å². The van der Waals surface area contributed by atoms with Crippen molar-refractivity contribution in [3.8, 4) is 5.75 Å². The summed E-state index contributed by atoms with van der Waals surface area (Å²) in [4.78, 5) is 29.6. The number of hydrogen-bond donors (Lipinski definition) is 0. The lowest BCUT2D eigenvalue weighted by Gasteiger charge is -2.20. The molecular weight excluding hydrogens is 370 g/mol. The van der Waals surface area contributed by atoms with Gasteiger partial charge in [0.25, 0.3) is 0 Å². The fourth-order valence-corrected chi connectivity index (χ4v) is 3.97. The average molecular weight is 393 g/mol. The number of nitrogens with zero attached hydrogens (tertiary/aromatic N) is 3. The zero-order valence-corrected chi connectivity index (χ0v) is 16.6. The van der Waals surface area contributed by atoms with E-state index < -0.39 is 5.97 Å². The summed E-state index contributed by atoms with van der Waals surface area (Å²) in [5.74, 6) is 0.0886. The van der Waals surface area contributed by atoms with Gasteiger partial charge >= 0.3 is 5.97 Å². The Hall–Kier alpha value is -3.22. The summed E-state index contributed by atoms with van der Waals surface area (Å²) < 4.78 is 11.7. The molecule has 0 amide bonds. The predicted molar refractivity (Wildman–Crippen MR) is 107 cm³/mol. The van der Waals surface area contributed by atoms with Gasteiger partial charge in [-0.25, -0.2) is 14.3 Å². The molecular formula is C22H23N3O4. The molecule has 0 unspecified atom stereocenters. The Balaban J connectivity index is 1.84. The van der Waals surface area contributed by atoms with E-state index in [4.69, 9.17) is 14.6 Å². The molecule has 1 saturated carbocycles. The van der Waals surface area contributed by atoms with Crippen LogP contribution in [0.1, 0.15) is 70.3 Å². The Kier molecular flexibility index (Phi) is 5.29. The van der Waals surface area contributed by atoms with Crippen molar-refractivity contribution in [1.29, 1.82) is 0 Å². The minimum Gasteiger partial charge on any atom is -0.495 e. The van der Waals surface area contributed by atoms with Gasteiger partial charge in [0.15, 0.2) is 0 Å². The smallest absolute Gasteiger partial charge is 0.356 e. The van der Waals surface area contributed by atoms with E-state index in [1.165, 1.54) is 19.6 Å². The van der Waals surface area contributed by atoms with Gasteiger partial charge in [0, 0.05) is 5.92 Å². The van der Waals surface area contributed by atoms with Gasteiger partial charge in [-0.2, -0.15) is 5.10 Å². The van der Waals surface area contributed by atoms with E-state index >= 15 is 0 Å². The molecule has 0 bridgehead atoms. The third kappa shape index (κ3) is 3.60. The van der Waals surface area contributed by atoms with E-state index in [0.29, 0.717) is 16.8 Å².